The Balaban J connectivity index is 1.33. The van der Waals surface area contributed by atoms with Gasteiger partial charge in [-0.15, -0.1) is 0 Å². The normalized spacial score (nSPS) is 14.1. The minimum atomic E-state index is -0.697. The number of nitrogens with one attached hydrogen (secondary N) is 2. The number of methoxy groups -OCH3 is 2. The Bertz CT molecular complexity index is 864. The second-order valence-corrected chi connectivity index (χ2v) is 7.29. The smallest absolute Gasteiger partial charge is 0.313 e. The van der Waals surface area contributed by atoms with Gasteiger partial charge in [-0.05, 0) is 49.4 Å². The number of benzene rings is 2. The van der Waals surface area contributed by atoms with Crippen LogP contribution in [-0.2, 0) is 9.59 Å². The van der Waals surface area contributed by atoms with Crippen molar-refractivity contribution in [3.63, 3.8) is 0 Å². The maximum Gasteiger partial charge on any atom is 0.313 e. The molecule has 8 heteroatoms. The minimum absolute atomic E-state index is 0.455. The molecule has 1 aliphatic heterocycles. The molecule has 0 atom stereocenters. The number of nitrogens with zero attached hydrogens (tertiary/aromatic N) is 2. The van der Waals surface area contributed by atoms with E-state index < -0.39 is 11.8 Å². The molecule has 0 aromatic heterocycles. The van der Waals surface area contributed by atoms with Gasteiger partial charge in [-0.3, -0.25) is 14.5 Å². The van der Waals surface area contributed by atoms with E-state index in [1.165, 1.54) is 12.8 Å². The van der Waals surface area contributed by atoms with Crippen LogP contribution in [0.25, 0.3) is 0 Å². The molecule has 0 bridgehead atoms. The van der Waals surface area contributed by atoms with E-state index in [4.69, 9.17) is 9.47 Å². The van der Waals surface area contributed by atoms with E-state index in [1.807, 2.05) is 12.1 Å². The molecule has 0 saturated carbocycles. The van der Waals surface area contributed by atoms with Gasteiger partial charge in [-0.1, -0.05) is 12.1 Å². The molecule has 1 fully saturated rings. The molecule has 1 aliphatic rings. The minimum Gasteiger partial charge on any atom is -0.497 e. The predicted octanol–water partition coefficient (Wildman–Crippen LogP) is 1.97. The molecule has 1 saturated heterocycles. The average molecular weight is 427 g/mol. The summed E-state index contributed by atoms with van der Waals surface area (Å²) in [5, 5.41) is 5.26. The molecule has 3 rings (SSSR count). The number of hydrogen-bond acceptors (Lipinski definition) is 6. The Morgan fingerprint density at radius 1 is 0.903 bits per heavy atom. The molecule has 2 amide bonds. The number of amides is 2. The van der Waals surface area contributed by atoms with Crippen molar-refractivity contribution in [3.05, 3.63) is 48.5 Å². The van der Waals surface area contributed by atoms with Crippen molar-refractivity contribution >= 4 is 23.2 Å². The van der Waals surface area contributed by atoms with Crippen molar-refractivity contribution in [2.75, 3.05) is 63.7 Å². The van der Waals surface area contributed by atoms with Crippen LogP contribution in [0, 0.1) is 0 Å². The van der Waals surface area contributed by atoms with Crippen LogP contribution in [0.5, 0.6) is 11.5 Å². The highest BCUT2D eigenvalue weighted by molar-refractivity contribution is 6.39. The molecule has 2 aromatic carbocycles. The first-order chi connectivity index (χ1) is 15.1. The number of anilines is 2. The van der Waals surface area contributed by atoms with Crippen LogP contribution in [-0.4, -0.2) is 70.2 Å². The number of hydrogen-bond donors (Lipinski definition) is 2. The number of para-hydroxylation sites is 2. The van der Waals surface area contributed by atoms with E-state index in [0.717, 1.165) is 44.9 Å². The lowest BCUT2D eigenvalue weighted by atomic mass is 10.2. The second kappa shape index (κ2) is 11.2. The maximum absolute atomic E-state index is 12.1. The maximum atomic E-state index is 12.1. The fourth-order valence-corrected chi connectivity index (χ4v) is 3.53. The molecule has 2 aromatic rings. The summed E-state index contributed by atoms with van der Waals surface area (Å²) in [6.45, 7) is 5.18. The molecule has 2 N–H and O–H groups in total. The molecule has 0 aliphatic carbocycles. The van der Waals surface area contributed by atoms with Gasteiger partial charge in [-0.25, -0.2) is 0 Å². The van der Waals surface area contributed by atoms with Gasteiger partial charge in [0.1, 0.15) is 11.5 Å². The summed E-state index contributed by atoms with van der Waals surface area (Å²) >= 11 is 0. The van der Waals surface area contributed by atoms with Gasteiger partial charge in [0.05, 0.1) is 19.9 Å². The van der Waals surface area contributed by atoms with Crippen LogP contribution < -0.4 is 25.0 Å². The van der Waals surface area contributed by atoms with Gasteiger partial charge in [0.15, 0.2) is 0 Å². The Labute approximate surface area is 183 Å². The average Bonchev–Trinajstić information content (AvgIpc) is 2.82. The molecular weight excluding hydrogens is 396 g/mol. The monoisotopic (exact) mass is 426 g/mol. The Hall–Kier alpha value is -3.26. The van der Waals surface area contributed by atoms with Gasteiger partial charge < -0.3 is 25.0 Å². The van der Waals surface area contributed by atoms with E-state index in [0.29, 0.717) is 18.0 Å². The number of rotatable bonds is 8. The fourth-order valence-electron chi connectivity index (χ4n) is 3.53. The summed E-state index contributed by atoms with van der Waals surface area (Å²) in [4.78, 5) is 28.9. The first-order valence-electron chi connectivity index (χ1n) is 10.4. The highest BCUT2D eigenvalue weighted by Gasteiger charge is 2.18. The van der Waals surface area contributed by atoms with E-state index in [9.17, 15) is 9.59 Å². The van der Waals surface area contributed by atoms with Crippen LogP contribution in [0.4, 0.5) is 11.4 Å². The third kappa shape index (κ3) is 6.36. The third-order valence-electron chi connectivity index (χ3n) is 5.31. The van der Waals surface area contributed by atoms with Crippen LogP contribution in [0.1, 0.15) is 6.42 Å². The first kappa shape index (κ1) is 22.4. The second-order valence-electron chi connectivity index (χ2n) is 7.29. The van der Waals surface area contributed by atoms with Crippen LogP contribution >= 0.6 is 0 Å². The zero-order valence-corrected chi connectivity index (χ0v) is 18.1. The van der Waals surface area contributed by atoms with Crippen molar-refractivity contribution in [2.24, 2.45) is 0 Å². The Morgan fingerprint density at radius 3 is 2.29 bits per heavy atom. The summed E-state index contributed by atoms with van der Waals surface area (Å²) < 4.78 is 10.4. The summed E-state index contributed by atoms with van der Waals surface area (Å²) in [5.41, 5.74) is 1.67. The Morgan fingerprint density at radius 2 is 1.61 bits per heavy atom. The summed E-state index contributed by atoms with van der Waals surface area (Å²) in [5.74, 6) is 0.0336. The molecule has 0 radical (unpaired) electrons. The van der Waals surface area contributed by atoms with Gasteiger partial charge >= 0.3 is 11.8 Å². The van der Waals surface area contributed by atoms with E-state index in [2.05, 4.69) is 32.6 Å². The SMILES string of the molecule is COc1ccc(N2CCN(CCCNC(=O)C(=O)Nc3ccccc3OC)CC2)cc1. The number of ether oxygens (including phenoxy) is 2. The number of carbonyl (C=O) groups is 2. The number of piperazine rings is 1. The molecule has 166 valence electrons. The summed E-state index contributed by atoms with van der Waals surface area (Å²) in [7, 11) is 3.19. The van der Waals surface area contributed by atoms with Gasteiger partial charge in [0.2, 0.25) is 0 Å². The van der Waals surface area contributed by atoms with Crippen molar-refractivity contribution in [1.82, 2.24) is 10.2 Å². The lowest BCUT2D eigenvalue weighted by Gasteiger charge is -2.36. The van der Waals surface area contributed by atoms with E-state index in [1.54, 1.807) is 31.4 Å². The summed E-state index contributed by atoms with van der Waals surface area (Å²) in [6, 6.07) is 15.1. The Kier molecular flexibility index (Phi) is 8.12. The fraction of sp³-hybridized carbons (Fsp3) is 0.391. The third-order valence-corrected chi connectivity index (χ3v) is 5.31. The molecule has 1 heterocycles. The zero-order valence-electron chi connectivity index (χ0n) is 18.1. The lowest BCUT2D eigenvalue weighted by Crippen LogP contribution is -2.47. The van der Waals surface area contributed by atoms with E-state index >= 15 is 0 Å². The number of carbonyl (C=O) groups excluding carboxylic acids is 2. The molecule has 0 spiro atoms. The van der Waals surface area contributed by atoms with Crippen LogP contribution in [0.2, 0.25) is 0 Å². The highest BCUT2D eigenvalue weighted by atomic mass is 16.5. The van der Waals surface area contributed by atoms with E-state index in [-0.39, 0.29) is 0 Å². The molecule has 8 nitrogen and oxygen atoms in total. The van der Waals surface area contributed by atoms with Crippen molar-refractivity contribution in [1.29, 1.82) is 0 Å². The first-order valence-corrected chi connectivity index (χ1v) is 10.4. The highest BCUT2D eigenvalue weighted by Crippen LogP contribution is 2.23. The van der Waals surface area contributed by atoms with Crippen LogP contribution in [0.3, 0.4) is 0 Å². The lowest BCUT2D eigenvalue weighted by molar-refractivity contribution is -0.136. The van der Waals surface area contributed by atoms with Crippen molar-refractivity contribution < 1.29 is 19.1 Å². The molecule has 0 unspecified atom stereocenters. The molecule has 31 heavy (non-hydrogen) atoms. The van der Waals surface area contributed by atoms with Gasteiger partial charge in [0, 0.05) is 38.4 Å². The topological polar surface area (TPSA) is 83.1 Å². The van der Waals surface area contributed by atoms with Gasteiger partial charge in [0.25, 0.3) is 0 Å². The quantitative estimate of drug-likeness (QED) is 0.496. The van der Waals surface area contributed by atoms with Crippen molar-refractivity contribution in [2.45, 2.75) is 6.42 Å². The van der Waals surface area contributed by atoms with Crippen molar-refractivity contribution in [3.8, 4) is 11.5 Å². The standard InChI is InChI=1S/C23H30N4O4/c1-30-19-10-8-18(9-11-19)27-16-14-26(15-17-27)13-5-12-24-22(28)23(29)25-20-6-3-4-7-21(20)31-2/h3-4,6-11H,5,12-17H2,1-2H3,(H,24,28)(H,25,29). The summed E-state index contributed by atoms with van der Waals surface area (Å²) in [6.07, 6.45) is 0.788. The van der Waals surface area contributed by atoms with Crippen LogP contribution in [0.15, 0.2) is 48.5 Å². The zero-order chi connectivity index (χ0) is 22.1. The molecular formula is C23H30N4O4. The predicted molar refractivity (Wildman–Crippen MR) is 121 cm³/mol. The largest absolute Gasteiger partial charge is 0.497 e. The van der Waals surface area contributed by atoms with Gasteiger partial charge in [-0.2, -0.15) is 0 Å².